The molecule has 1 N–H and O–H groups in total. The number of hydrogen-bond acceptors (Lipinski definition) is 5. The molecule has 7 heteroatoms. The summed E-state index contributed by atoms with van der Waals surface area (Å²) in [4.78, 5) is 26.4. The fourth-order valence-corrected chi connectivity index (χ4v) is 2.90. The van der Waals surface area contributed by atoms with Gasteiger partial charge in [-0.3, -0.25) is 9.59 Å². The zero-order valence-corrected chi connectivity index (χ0v) is 16.4. The van der Waals surface area contributed by atoms with E-state index in [9.17, 15) is 9.59 Å². The molecule has 148 valence electrons. The number of nitrogens with one attached hydrogen (secondary N) is 1. The first-order valence-electron chi connectivity index (χ1n) is 8.92. The molecule has 0 spiro atoms. The first-order valence-corrected chi connectivity index (χ1v) is 8.92. The fraction of sp³-hybridized carbons (Fsp3) is 0.333. The third-order valence-corrected chi connectivity index (χ3v) is 4.49. The van der Waals surface area contributed by atoms with Crippen molar-refractivity contribution in [2.24, 2.45) is 5.41 Å². The van der Waals surface area contributed by atoms with Gasteiger partial charge in [0, 0.05) is 18.8 Å². The van der Waals surface area contributed by atoms with Crippen LogP contribution in [0.25, 0.3) is 0 Å². The SMILES string of the molecule is COc1cccc(OCC(=O)Nc2ccc3c(c2)N(C)C(=O)C(C)(C)CO3)c1. The highest BCUT2D eigenvalue weighted by Gasteiger charge is 2.36. The Bertz CT molecular complexity index is 894. The molecule has 0 unspecified atom stereocenters. The van der Waals surface area contributed by atoms with Crippen molar-refractivity contribution < 1.29 is 23.8 Å². The van der Waals surface area contributed by atoms with Crippen molar-refractivity contribution in [1.29, 1.82) is 0 Å². The minimum absolute atomic E-state index is 0.0453. The van der Waals surface area contributed by atoms with Gasteiger partial charge in [-0.25, -0.2) is 0 Å². The number of anilines is 2. The van der Waals surface area contributed by atoms with Crippen LogP contribution in [0.4, 0.5) is 11.4 Å². The van der Waals surface area contributed by atoms with Crippen LogP contribution in [0.5, 0.6) is 17.2 Å². The molecule has 0 aliphatic carbocycles. The van der Waals surface area contributed by atoms with E-state index in [0.29, 0.717) is 35.2 Å². The van der Waals surface area contributed by atoms with Crippen LogP contribution >= 0.6 is 0 Å². The molecule has 2 amide bonds. The number of carbonyl (C=O) groups excluding carboxylic acids is 2. The Morgan fingerprint density at radius 3 is 2.71 bits per heavy atom. The quantitative estimate of drug-likeness (QED) is 0.857. The van der Waals surface area contributed by atoms with Crippen LogP contribution in [-0.2, 0) is 9.59 Å². The second kappa shape index (κ2) is 7.80. The highest BCUT2D eigenvalue weighted by molar-refractivity contribution is 6.00. The lowest BCUT2D eigenvalue weighted by Crippen LogP contribution is -2.39. The van der Waals surface area contributed by atoms with Crippen LogP contribution < -0.4 is 24.4 Å². The van der Waals surface area contributed by atoms with Gasteiger partial charge in [0.05, 0.1) is 18.2 Å². The molecule has 28 heavy (non-hydrogen) atoms. The number of carbonyl (C=O) groups is 2. The predicted octanol–water partition coefficient (Wildman–Crippen LogP) is 3.09. The van der Waals surface area contributed by atoms with E-state index in [2.05, 4.69) is 5.32 Å². The van der Waals surface area contributed by atoms with Crippen LogP contribution in [-0.4, -0.2) is 39.2 Å². The summed E-state index contributed by atoms with van der Waals surface area (Å²) in [5.74, 6) is 1.44. The summed E-state index contributed by atoms with van der Waals surface area (Å²) >= 11 is 0. The van der Waals surface area contributed by atoms with Crippen molar-refractivity contribution in [2.45, 2.75) is 13.8 Å². The molecule has 1 aliphatic heterocycles. The number of amides is 2. The normalized spacial score (nSPS) is 15.1. The van der Waals surface area contributed by atoms with E-state index in [1.807, 2.05) is 13.8 Å². The van der Waals surface area contributed by atoms with Crippen LogP contribution in [0.1, 0.15) is 13.8 Å². The molecular weight excluding hydrogens is 360 g/mol. The van der Waals surface area contributed by atoms with Crippen LogP contribution in [0, 0.1) is 5.41 Å². The Hall–Kier alpha value is -3.22. The largest absolute Gasteiger partial charge is 0.497 e. The van der Waals surface area contributed by atoms with Crippen LogP contribution in [0.2, 0.25) is 0 Å². The minimum atomic E-state index is -0.623. The number of benzene rings is 2. The Morgan fingerprint density at radius 2 is 1.96 bits per heavy atom. The first kappa shape index (κ1) is 19.5. The Labute approximate surface area is 164 Å². The molecule has 2 aromatic rings. The number of ether oxygens (including phenoxy) is 3. The summed E-state index contributed by atoms with van der Waals surface area (Å²) in [7, 11) is 3.27. The average Bonchev–Trinajstić information content (AvgIpc) is 2.77. The van der Waals surface area contributed by atoms with Crippen molar-refractivity contribution in [2.75, 3.05) is 37.6 Å². The van der Waals surface area contributed by atoms with Gasteiger partial charge in [-0.15, -0.1) is 0 Å². The zero-order valence-electron chi connectivity index (χ0n) is 16.4. The standard InChI is InChI=1S/C21H24N2O5/c1-21(2)13-28-18-9-8-14(10-17(18)23(3)20(21)25)22-19(24)12-27-16-7-5-6-15(11-16)26-4/h5-11H,12-13H2,1-4H3,(H,22,24). The lowest BCUT2D eigenvalue weighted by Gasteiger charge is -2.24. The number of methoxy groups -OCH3 is 1. The smallest absolute Gasteiger partial charge is 0.262 e. The number of nitrogens with zero attached hydrogens (tertiary/aromatic N) is 1. The molecule has 2 aromatic carbocycles. The first-order chi connectivity index (χ1) is 13.3. The van der Waals surface area contributed by atoms with E-state index in [-0.39, 0.29) is 18.4 Å². The molecule has 0 atom stereocenters. The topological polar surface area (TPSA) is 77.1 Å². The zero-order chi connectivity index (χ0) is 20.3. The van der Waals surface area contributed by atoms with Gasteiger partial charge in [-0.1, -0.05) is 6.07 Å². The van der Waals surface area contributed by atoms with Crippen molar-refractivity contribution in [3.63, 3.8) is 0 Å². The molecule has 0 saturated heterocycles. The molecule has 0 fully saturated rings. The Morgan fingerprint density at radius 1 is 1.21 bits per heavy atom. The van der Waals surface area contributed by atoms with Gasteiger partial charge < -0.3 is 24.4 Å². The summed E-state index contributed by atoms with van der Waals surface area (Å²) < 4.78 is 16.4. The summed E-state index contributed by atoms with van der Waals surface area (Å²) in [6.45, 7) is 3.83. The van der Waals surface area contributed by atoms with Gasteiger partial charge in [-0.2, -0.15) is 0 Å². The van der Waals surface area contributed by atoms with Gasteiger partial charge in [0.1, 0.15) is 23.9 Å². The molecular formula is C21H24N2O5. The highest BCUT2D eigenvalue weighted by Crippen LogP contribution is 2.37. The van der Waals surface area contributed by atoms with Gasteiger partial charge in [0.2, 0.25) is 5.91 Å². The van der Waals surface area contributed by atoms with Gasteiger partial charge in [0.15, 0.2) is 6.61 Å². The summed E-state index contributed by atoms with van der Waals surface area (Å²) in [6, 6.07) is 12.2. The second-order valence-corrected chi connectivity index (χ2v) is 7.24. The fourth-order valence-electron chi connectivity index (χ4n) is 2.90. The van der Waals surface area contributed by atoms with E-state index < -0.39 is 5.41 Å². The second-order valence-electron chi connectivity index (χ2n) is 7.24. The van der Waals surface area contributed by atoms with E-state index in [1.54, 1.807) is 61.5 Å². The Kier molecular flexibility index (Phi) is 5.44. The van der Waals surface area contributed by atoms with E-state index in [1.165, 1.54) is 0 Å². The van der Waals surface area contributed by atoms with Gasteiger partial charge in [-0.05, 0) is 44.2 Å². The number of rotatable bonds is 5. The van der Waals surface area contributed by atoms with Gasteiger partial charge in [0.25, 0.3) is 5.91 Å². The van der Waals surface area contributed by atoms with E-state index >= 15 is 0 Å². The molecule has 0 radical (unpaired) electrons. The van der Waals surface area contributed by atoms with Crippen molar-refractivity contribution in [3.05, 3.63) is 42.5 Å². The molecule has 3 rings (SSSR count). The number of fused-ring (bicyclic) bond motifs is 1. The van der Waals surface area contributed by atoms with E-state index in [0.717, 1.165) is 0 Å². The van der Waals surface area contributed by atoms with Crippen LogP contribution in [0.3, 0.4) is 0 Å². The molecule has 1 heterocycles. The molecule has 0 aromatic heterocycles. The van der Waals surface area contributed by atoms with Crippen molar-refractivity contribution in [3.8, 4) is 17.2 Å². The van der Waals surface area contributed by atoms with E-state index in [4.69, 9.17) is 14.2 Å². The number of hydrogen-bond donors (Lipinski definition) is 1. The highest BCUT2D eigenvalue weighted by atomic mass is 16.5. The molecule has 0 saturated carbocycles. The monoisotopic (exact) mass is 384 g/mol. The maximum atomic E-state index is 12.6. The summed E-state index contributed by atoms with van der Waals surface area (Å²) in [5.41, 5.74) is 0.546. The van der Waals surface area contributed by atoms with Gasteiger partial charge >= 0.3 is 0 Å². The maximum absolute atomic E-state index is 12.6. The molecule has 7 nitrogen and oxygen atoms in total. The molecule has 1 aliphatic rings. The Balaban J connectivity index is 1.68. The third-order valence-electron chi connectivity index (χ3n) is 4.49. The average molecular weight is 384 g/mol. The molecule has 0 bridgehead atoms. The third kappa shape index (κ3) is 4.19. The minimum Gasteiger partial charge on any atom is -0.497 e. The lowest BCUT2D eigenvalue weighted by molar-refractivity contribution is -0.127. The van der Waals surface area contributed by atoms with Crippen molar-refractivity contribution >= 4 is 23.2 Å². The summed E-state index contributed by atoms with van der Waals surface area (Å²) in [6.07, 6.45) is 0. The summed E-state index contributed by atoms with van der Waals surface area (Å²) in [5, 5.41) is 2.78. The maximum Gasteiger partial charge on any atom is 0.262 e. The lowest BCUT2D eigenvalue weighted by atomic mass is 9.93. The van der Waals surface area contributed by atoms with Crippen molar-refractivity contribution in [1.82, 2.24) is 0 Å². The predicted molar refractivity (Wildman–Crippen MR) is 106 cm³/mol. The van der Waals surface area contributed by atoms with Crippen LogP contribution in [0.15, 0.2) is 42.5 Å².